The third-order valence-electron chi connectivity index (χ3n) is 2.88. The van der Waals surface area contributed by atoms with Crippen molar-refractivity contribution < 1.29 is 9.53 Å². The van der Waals surface area contributed by atoms with Crippen molar-refractivity contribution in [1.82, 2.24) is 5.32 Å². The van der Waals surface area contributed by atoms with E-state index < -0.39 is 0 Å². The number of hydrogen-bond acceptors (Lipinski definition) is 2. The first-order chi connectivity index (χ1) is 9.11. The molecule has 0 fully saturated rings. The molecule has 0 saturated carbocycles. The van der Waals surface area contributed by atoms with E-state index in [0.29, 0.717) is 25.5 Å². The number of rotatable bonds is 8. The predicted octanol–water partition coefficient (Wildman–Crippen LogP) is 2.58. The van der Waals surface area contributed by atoms with Crippen LogP contribution in [0.2, 0.25) is 0 Å². The number of amides is 1. The molecule has 0 heterocycles. The number of carbonyl (C=O) groups is 1. The Morgan fingerprint density at radius 3 is 2.42 bits per heavy atom. The zero-order valence-corrected chi connectivity index (χ0v) is 12.2. The molecular weight excluding hydrogens is 238 g/mol. The Labute approximate surface area is 116 Å². The van der Waals surface area contributed by atoms with Gasteiger partial charge in [0.15, 0.2) is 0 Å². The summed E-state index contributed by atoms with van der Waals surface area (Å²) in [6.45, 7) is 5.78. The molecule has 0 aliphatic heterocycles. The average Bonchev–Trinajstić information content (AvgIpc) is 2.36. The molecule has 0 spiro atoms. The smallest absolute Gasteiger partial charge is 0.224 e. The molecule has 19 heavy (non-hydrogen) atoms. The molecule has 1 aromatic rings. The molecule has 1 amide bonds. The fourth-order valence-corrected chi connectivity index (χ4v) is 1.96. The Morgan fingerprint density at radius 1 is 1.21 bits per heavy atom. The van der Waals surface area contributed by atoms with Gasteiger partial charge in [-0.25, -0.2) is 0 Å². The van der Waals surface area contributed by atoms with Gasteiger partial charge in [-0.2, -0.15) is 0 Å². The summed E-state index contributed by atoms with van der Waals surface area (Å²) in [4.78, 5) is 11.7. The largest absolute Gasteiger partial charge is 0.385 e. The standard InChI is InChI=1S/C16H25NO2/c1-13(2)11-14-5-7-15(8-6-14)12-16(18)17-9-4-10-19-3/h5-8,13H,4,9-12H2,1-3H3,(H,17,18). The maximum absolute atomic E-state index is 11.7. The van der Waals surface area contributed by atoms with Crippen molar-refractivity contribution in [2.24, 2.45) is 5.92 Å². The predicted molar refractivity (Wildman–Crippen MR) is 78.2 cm³/mol. The summed E-state index contributed by atoms with van der Waals surface area (Å²) in [5.74, 6) is 0.739. The van der Waals surface area contributed by atoms with Crippen LogP contribution in [0, 0.1) is 5.92 Å². The van der Waals surface area contributed by atoms with E-state index >= 15 is 0 Å². The van der Waals surface area contributed by atoms with Crippen molar-refractivity contribution in [3.63, 3.8) is 0 Å². The normalized spacial score (nSPS) is 10.7. The molecule has 1 rings (SSSR count). The lowest BCUT2D eigenvalue weighted by Crippen LogP contribution is -2.26. The second-order valence-corrected chi connectivity index (χ2v) is 5.29. The lowest BCUT2D eigenvalue weighted by atomic mass is 10.0. The highest BCUT2D eigenvalue weighted by Crippen LogP contribution is 2.10. The number of nitrogens with one attached hydrogen (secondary N) is 1. The molecule has 1 aromatic carbocycles. The Balaban J connectivity index is 2.34. The minimum Gasteiger partial charge on any atom is -0.385 e. The van der Waals surface area contributed by atoms with E-state index in [1.165, 1.54) is 5.56 Å². The number of carbonyl (C=O) groups excluding carboxylic acids is 1. The van der Waals surface area contributed by atoms with Crippen LogP contribution in [-0.4, -0.2) is 26.2 Å². The maximum atomic E-state index is 11.7. The quantitative estimate of drug-likeness (QED) is 0.732. The molecule has 3 heteroatoms. The molecule has 0 aliphatic rings. The minimum atomic E-state index is 0.0766. The third kappa shape index (κ3) is 6.97. The van der Waals surface area contributed by atoms with E-state index in [1.807, 2.05) is 12.1 Å². The van der Waals surface area contributed by atoms with E-state index in [-0.39, 0.29) is 5.91 Å². The van der Waals surface area contributed by atoms with Crippen LogP contribution in [0.4, 0.5) is 0 Å². The van der Waals surface area contributed by atoms with Gasteiger partial charge in [-0.1, -0.05) is 38.1 Å². The van der Waals surface area contributed by atoms with Crippen LogP contribution in [-0.2, 0) is 22.4 Å². The zero-order valence-electron chi connectivity index (χ0n) is 12.2. The van der Waals surface area contributed by atoms with E-state index in [2.05, 4.69) is 31.3 Å². The van der Waals surface area contributed by atoms with E-state index in [1.54, 1.807) is 7.11 Å². The first kappa shape index (κ1) is 15.7. The van der Waals surface area contributed by atoms with Gasteiger partial charge in [0.1, 0.15) is 0 Å². The SMILES string of the molecule is COCCCNC(=O)Cc1ccc(CC(C)C)cc1. The molecule has 106 valence electrons. The molecule has 0 bridgehead atoms. The molecule has 0 atom stereocenters. The fourth-order valence-electron chi connectivity index (χ4n) is 1.96. The van der Waals surface area contributed by atoms with Gasteiger partial charge < -0.3 is 10.1 Å². The van der Waals surface area contributed by atoms with Crippen LogP contribution in [0.25, 0.3) is 0 Å². The second kappa shape index (κ2) is 8.70. The fraction of sp³-hybridized carbons (Fsp3) is 0.562. The topological polar surface area (TPSA) is 38.3 Å². The van der Waals surface area contributed by atoms with Gasteiger partial charge in [0.2, 0.25) is 5.91 Å². The van der Waals surface area contributed by atoms with E-state index in [9.17, 15) is 4.79 Å². The molecule has 0 aliphatic carbocycles. The molecule has 0 unspecified atom stereocenters. The van der Waals surface area contributed by atoms with Crippen molar-refractivity contribution >= 4 is 5.91 Å². The summed E-state index contributed by atoms with van der Waals surface area (Å²) >= 11 is 0. The van der Waals surface area contributed by atoms with Gasteiger partial charge in [-0.15, -0.1) is 0 Å². The highest BCUT2D eigenvalue weighted by Gasteiger charge is 2.03. The van der Waals surface area contributed by atoms with Gasteiger partial charge in [-0.3, -0.25) is 4.79 Å². The van der Waals surface area contributed by atoms with E-state index in [0.717, 1.165) is 18.4 Å². The van der Waals surface area contributed by atoms with Crippen molar-refractivity contribution in [3.8, 4) is 0 Å². The van der Waals surface area contributed by atoms with Gasteiger partial charge in [0.25, 0.3) is 0 Å². The second-order valence-electron chi connectivity index (χ2n) is 5.29. The zero-order chi connectivity index (χ0) is 14.1. The van der Waals surface area contributed by atoms with Crippen molar-refractivity contribution in [1.29, 1.82) is 0 Å². The molecular formula is C16H25NO2. The van der Waals surface area contributed by atoms with Gasteiger partial charge >= 0.3 is 0 Å². The Bertz CT molecular complexity index is 371. The number of hydrogen-bond donors (Lipinski definition) is 1. The highest BCUT2D eigenvalue weighted by molar-refractivity contribution is 5.78. The van der Waals surface area contributed by atoms with Gasteiger partial charge in [0.05, 0.1) is 6.42 Å². The highest BCUT2D eigenvalue weighted by atomic mass is 16.5. The molecule has 3 nitrogen and oxygen atoms in total. The average molecular weight is 263 g/mol. The number of methoxy groups -OCH3 is 1. The third-order valence-corrected chi connectivity index (χ3v) is 2.88. The summed E-state index contributed by atoms with van der Waals surface area (Å²) in [5.41, 5.74) is 2.40. The summed E-state index contributed by atoms with van der Waals surface area (Å²) < 4.78 is 4.94. The maximum Gasteiger partial charge on any atom is 0.224 e. The summed E-state index contributed by atoms with van der Waals surface area (Å²) in [5, 5.41) is 2.89. The summed E-state index contributed by atoms with van der Waals surface area (Å²) in [6.07, 6.45) is 2.40. The first-order valence-corrected chi connectivity index (χ1v) is 6.95. The van der Waals surface area contributed by atoms with Crippen LogP contribution in [0.15, 0.2) is 24.3 Å². The molecule has 0 saturated heterocycles. The first-order valence-electron chi connectivity index (χ1n) is 6.95. The molecule has 1 N–H and O–H groups in total. The number of benzene rings is 1. The Hall–Kier alpha value is -1.35. The summed E-state index contributed by atoms with van der Waals surface area (Å²) in [6, 6.07) is 8.33. The van der Waals surface area contributed by atoms with Crippen LogP contribution in [0.5, 0.6) is 0 Å². The van der Waals surface area contributed by atoms with Crippen LogP contribution in [0.3, 0.4) is 0 Å². The summed E-state index contributed by atoms with van der Waals surface area (Å²) in [7, 11) is 1.67. The van der Waals surface area contributed by atoms with Crippen molar-refractivity contribution in [2.75, 3.05) is 20.3 Å². The van der Waals surface area contributed by atoms with Crippen LogP contribution in [0.1, 0.15) is 31.4 Å². The van der Waals surface area contributed by atoms with Crippen molar-refractivity contribution in [3.05, 3.63) is 35.4 Å². The van der Waals surface area contributed by atoms with Crippen LogP contribution < -0.4 is 5.32 Å². The monoisotopic (exact) mass is 263 g/mol. The van der Waals surface area contributed by atoms with E-state index in [4.69, 9.17) is 4.74 Å². The lowest BCUT2D eigenvalue weighted by molar-refractivity contribution is -0.120. The van der Waals surface area contributed by atoms with Gasteiger partial charge in [0, 0.05) is 20.3 Å². The lowest BCUT2D eigenvalue weighted by Gasteiger charge is -2.07. The van der Waals surface area contributed by atoms with Gasteiger partial charge in [-0.05, 0) is 29.9 Å². The molecule has 0 aromatic heterocycles. The van der Waals surface area contributed by atoms with Crippen LogP contribution >= 0.6 is 0 Å². The Morgan fingerprint density at radius 2 is 1.84 bits per heavy atom. The molecule has 0 radical (unpaired) electrons. The Kier molecular flexibility index (Phi) is 7.19. The minimum absolute atomic E-state index is 0.0766. The number of ether oxygens (including phenoxy) is 1. The van der Waals surface area contributed by atoms with Crippen molar-refractivity contribution in [2.45, 2.75) is 33.1 Å².